The summed E-state index contributed by atoms with van der Waals surface area (Å²) in [6, 6.07) is 19.3. The van der Waals surface area contributed by atoms with E-state index in [-0.39, 0.29) is 23.7 Å². The smallest absolute Gasteiger partial charge is 0.307 e. The normalized spacial score (nSPS) is 11.7. The quantitative estimate of drug-likeness (QED) is 0.189. The molecule has 0 saturated carbocycles. The lowest BCUT2D eigenvalue weighted by Crippen LogP contribution is -2.13. The van der Waals surface area contributed by atoms with Crippen molar-refractivity contribution in [3.05, 3.63) is 98.8 Å². The predicted molar refractivity (Wildman–Crippen MR) is 158 cm³/mol. The van der Waals surface area contributed by atoms with Crippen LogP contribution in [0.2, 0.25) is 10.0 Å². The molecule has 0 saturated heterocycles. The molecule has 0 atom stereocenters. The van der Waals surface area contributed by atoms with Gasteiger partial charge >= 0.3 is 5.97 Å². The van der Waals surface area contributed by atoms with Crippen LogP contribution in [0.4, 0.5) is 0 Å². The van der Waals surface area contributed by atoms with E-state index >= 15 is 0 Å². The van der Waals surface area contributed by atoms with E-state index in [0.717, 1.165) is 38.7 Å². The average Bonchev–Trinajstić information content (AvgIpc) is 3.27. The van der Waals surface area contributed by atoms with Crippen LogP contribution in [-0.4, -0.2) is 26.1 Å². The van der Waals surface area contributed by atoms with E-state index in [0.29, 0.717) is 15.7 Å². The molecule has 0 spiro atoms. The van der Waals surface area contributed by atoms with Gasteiger partial charge in [-0.1, -0.05) is 72.6 Å². The number of carboxylic acids is 1. The number of carboxylic acid groups (broad SMARTS) is 1. The largest absolute Gasteiger partial charge is 0.487 e. The van der Waals surface area contributed by atoms with E-state index in [1.54, 1.807) is 34.6 Å². The number of hydrogen-bond acceptors (Lipinski definition) is 5. The Labute approximate surface area is 243 Å². The first kappa shape index (κ1) is 29.0. The van der Waals surface area contributed by atoms with Crippen molar-refractivity contribution < 1.29 is 14.6 Å². The Morgan fingerprint density at radius 2 is 1.74 bits per heavy atom. The molecule has 0 fully saturated rings. The summed E-state index contributed by atoms with van der Waals surface area (Å²) >= 11 is 14.7. The molecule has 6 nitrogen and oxygen atoms in total. The van der Waals surface area contributed by atoms with Crippen LogP contribution in [0.25, 0.3) is 5.69 Å². The van der Waals surface area contributed by atoms with E-state index in [9.17, 15) is 4.79 Å². The predicted octanol–water partition coefficient (Wildman–Crippen LogP) is 8.24. The molecule has 0 radical (unpaired) electrons. The van der Waals surface area contributed by atoms with Gasteiger partial charge in [0, 0.05) is 9.64 Å². The second kappa shape index (κ2) is 12.0. The highest BCUT2D eigenvalue weighted by Gasteiger charge is 2.24. The Morgan fingerprint density at radius 1 is 1.08 bits per heavy atom. The minimum atomic E-state index is -0.831. The molecule has 0 aliphatic rings. The topological polar surface area (TPSA) is 77.2 Å². The molecule has 4 aromatic rings. The highest BCUT2D eigenvalue weighted by Crippen LogP contribution is 2.42. The zero-order chi connectivity index (χ0) is 28.3. The Hall–Kier alpha value is -3.00. The molecule has 0 bridgehead atoms. The van der Waals surface area contributed by atoms with Gasteiger partial charge in [0.25, 0.3) is 0 Å². The Balaban J connectivity index is 1.53. The summed E-state index contributed by atoms with van der Waals surface area (Å²) in [6.45, 7) is 10.7. The fraction of sp³-hybridized carbons (Fsp3) is 0.300. The molecule has 1 N–H and O–H groups in total. The molecule has 39 heavy (non-hydrogen) atoms. The molecule has 3 aromatic carbocycles. The number of halogens is 2. The summed E-state index contributed by atoms with van der Waals surface area (Å²) in [7, 11) is 0. The lowest BCUT2D eigenvalue weighted by Gasteiger charge is -2.26. The van der Waals surface area contributed by atoms with Crippen LogP contribution in [0.5, 0.6) is 5.75 Å². The Morgan fingerprint density at radius 3 is 2.33 bits per heavy atom. The maximum absolute atomic E-state index is 11.0. The maximum atomic E-state index is 11.0. The van der Waals surface area contributed by atoms with Crippen molar-refractivity contribution in [3.8, 4) is 11.4 Å². The third-order valence-electron chi connectivity index (χ3n) is 6.38. The van der Waals surface area contributed by atoms with Crippen LogP contribution in [0.3, 0.4) is 0 Å². The number of carbonyl (C=O) groups is 1. The summed E-state index contributed by atoms with van der Waals surface area (Å²) in [5.41, 5.74) is 5.16. The van der Waals surface area contributed by atoms with Crippen molar-refractivity contribution in [2.45, 2.75) is 63.2 Å². The first-order valence-electron chi connectivity index (χ1n) is 12.6. The molecular formula is C30H31Cl2N3O3S. The van der Waals surface area contributed by atoms with E-state index in [2.05, 4.69) is 50.1 Å². The average molecular weight is 585 g/mol. The van der Waals surface area contributed by atoms with Gasteiger partial charge in [-0.2, -0.15) is 0 Å². The number of aryl methyl sites for hydroxylation is 1. The van der Waals surface area contributed by atoms with Crippen LogP contribution in [-0.2, 0) is 22.6 Å². The zero-order valence-corrected chi connectivity index (χ0v) is 24.9. The van der Waals surface area contributed by atoms with Gasteiger partial charge in [0.15, 0.2) is 0 Å². The molecule has 1 heterocycles. The number of thioether (sulfide) groups is 1. The summed E-state index contributed by atoms with van der Waals surface area (Å²) < 4.78 is 7.76. The van der Waals surface area contributed by atoms with Gasteiger partial charge in [-0.05, 0) is 73.7 Å². The monoisotopic (exact) mass is 583 g/mol. The summed E-state index contributed by atoms with van der Waals surface area (Å²) in [5, 5.41) is 18.7. The first-order chi connectivity index (χ1) is 18.5. The van der Waals surface area contributed by atoms with Crippen LogP contribution in [0, 0.1) is 6.92 Å². The second-order valence-electron chi connectivity index (χ2n) is 10.2. The van der Waals surface area contributed by atoms with E-state index in [4.69, 9.17) is 33.0 Å². The maximum Gasteiger partial charge on any atom is 0.307 e. The number of aliphatic carboxylic acids is 1. The molecule has 0 aliphatic carbocycles. The highest BCUT2D eigenvalue weighted by molar-refractivity contribution is 8.00. The third-order valence-corrected chi connectivity index (χ3v) is 8.24. The van der Waals surface area contributed by atoms with Crippen LogP contribution in [0.1, 0.15) is 61.7 Å². The number of hydrogen-bond donors (Lipinski definition) is 1. The van der Waals surface area contributed by atoms with Crippen LogP contribution < -0.4 is 4.74 Å². The molecule has 9 heteroatoms. The van der Waals surface area contributed by atoms with Crippen molar-refractivity contribution in [2.24, 2.45) is 0 Å². The van der Waals surface area contributed by atoms with Gasteiger partial charge in [0.2, 0.25) is 0 Å². The van der Waals surface area contributed by atoms with Gasteiger partial charge in [-0.25, -0.2) is 4.68 Å². The van der Waals surface area contributed by atoms with E-state index in [1.807, 2.05) is 37.3 Å². The van der Waals surface area contributed by atoms with Gasteiger partial charge in [0.05, 0.1) is 22.2 Å². The van der Waals surface area contributed by atoms with Crippen LogP contribution in [0.15, 0.2) is 65.6 Å². The SMILES string of the molecule is Cc1cc(C(C)(C)Sc2ccc(CC(=O)O)cc2)ccc1OCc1c(C(C)C)nnn1-c1c(Cl)cccc1Cl. The fourth-order valence-electron chi connectivity index (χ4n) is 4.30. The second-order valence-corrected chi connectivity index (χ2v) is 12.7. The zero-order valence-electron chi connectivity index (χ0n) is 22.5. The van der Waals surface area contributed by atoms with Crippen molar-refractivity contribution >= 4 is 40.9 Å². The van der Waals surface area contributed by atoms with Gasteiger partial charge in [-0.3, -0.25) is 4.79 Å². The van der Waals surface area contributed by atoms with E-state index in [1.165, 1.54) is 0 Å². The fourth-order valence-corrected chi connectivity index (χ4v) is 5.97. The lowest BCUT2D eigenvalue weighted by molar-refractivity contribution is -0.136. The summed E-state index contributed by atoms with van der Waals surface area (Å²) in [5.74, 6) is 0.0747. The number of rotatable bonds is 10. The Kier molecular flexibility index (Phi) is 8.94. The number of aromatic nitrogens is 3. The number of nitrogens with zero attached hydrogens (tertiary/aromatic N) is 3. The first-order valence-corrected chi connectivity index (χ1v) is 14.2. The molecule has 204 valence electrons. The molecule has 0 aliphatic heterocycles. The highest BCUT2D eigenvalue weighted by atomic mass is 35.5. The number of para-hydroxylation sites is 1. The van der Waals surface area contributed by atoms with Gasteiger partial charge in [0.1, 0.15) is 23.7 Å². The summed E-state index contributed by atoms with van der Waals surface area (Å²) in [6.07, 6.45) is 0.0237. The molecule has 1 aromatic heterocycles. The van der Waals surface area contributed by atoms with Crippen molar-refractivity contribution in [1.29, 1.82) is 0 Å². The minimum absolute atomic E-state index is 0.0237. The molecule has 0 unspecified atom stereocenters. The standard InChI is InChI=1S/C30H31Cl2N3O3S/c1-18(2)28-25(35(34-33-28)29-23(31)7-6-8-24(29)32)17-38-26-14-11-21(15-19(26)3)30(4,5)39-22-12-9-20(10-13-22)16-27(36)37/h6-15,18H,16-17H2,1-5H3,(H,36,37). The Bertz CT molecular complexity index is 1460. The van der Waals surface area contributed by atoms with Gasteiger partial charge < -0.3 is 9.84 Å². The van der Waals surface area contributed by atoms with Crippen molar-refractivity contribution in [3.63, 3.8) is 0 Å². The number of ether oxygens (including phenoxy) is 1. The van der Waals surface area contributed by atoms with Crippen molar-refractivity contribution in [2.75, 3.05) is 0 Å². The molecule has 0 amide bonds. The molecule has 4 rings (SSSR count). The number of benzene rings is 3. The third kappa shape index (κ3) is 6.78. The van der Waals surface area contributed by atoms with Gasteiger partial charge in [-0.15, -0.1) is 16.9 Å². The van der Waals surface area contributed by atoms with E-state index < -0.39 is 5.97 Å². The summed E-state index contributed by atoms with van der Waals surface area (Å²) in [4.78, 5) is 12.0. The minimum Gasteiger partial charge on any atom is -0.487 e. The van der Waals surface area contributed by atoms with Crippen molar-refractivity contribution in [1.82, 2.24) is 15.0 Å². The lowest BCUT2D eigenvalue weighted by atomic mass is 10.00. The van der Waals surface area contributed by atoms with Crippen LogP contribution >= 0.6 is 35.0 Å². The molecular weight excluding hydrogens is 553 g/mol.